The maximum absolute atomic E-state index is 4.54. The van der Waals surface area contributed by atoms with Crippen molar-refractivity contribution in [3.05, 3.63) is 35.8 Å². The van der Waals surface area contributed by atoms with Gasteiger partial charge in [0.15, 0.2) is 0 Å². The summed E-state index contributed by atoms with van der Waals surface area (Å²) in [5.41, 5.74) is 3.30. The summed E-state index contributed by atoms with van der Waals surface area (Å²) in [5, 5.41) is 7.87. The summed E-state index contributed by atoms with van der Waals surface area (Å²) in [6, 6.07) is 4.36. The number of aromatic nitrogens is 3. The Morgan fingerprint density at radius 2 is 2.00 bits per heavy atom. The van der Waals surface area contributed by atoms with Crippen LogP contribution >= 0.6 is 0 Å². The van der Waals surface area contributed by atoms with Gasteiger partial charge in [0.05, 0.1) is 23.6 Å². The minimum absolute atomic E-state index is 0.208. The molecule has 0 saturated carbocycles. The molecular weight excluding hydrogens is 262 g/mol. The van der Waals surface area contributed by atoms with Crippen molar-refractivity contribution < 1.29 is 0 Å². The minimum Gasteiger partial charge on any atom is -0.377 e. The van der Waals surface area contributed by atoms with E-state index in [1.54, 1.807) is 0 Å². The van der Waals surface area contributed by atoms with E-state index in [0.29, 0.717) is 0 Å². The molecule has 2 aromatic rings. The quantitative estimate of drug-likeness (QED) is 0.886. The summed E-state index contributed by atoms with van der Waals surface area (Å²) >= 11 is 0. The van der Waals surface area contributed by atoms with Crippen LogP contribution in [0.3, 0.4) is 0 Å². The van der Waals surface area contributed by atoms with Crippen LogP contribution in [0.1, 0.15) is 38.1 Å². The maximum atomic E-state index is 4.54. The number of nitrogens with one attached hydrogen (secondary N) is 1. The predicted molar refractivity (Wildman–Crippen MR) is 87.8 cm³/mol. The Balaban J connectivity index is 2.08. The van der Waals surface area contributed by atoms with Crippen LogP contribution in [-0.4, -0.2) is 27.9 Å². The number of hydrogen-bond acceptors (Lipinski definition) is 4. The Bertz CT molecular complexity index is 569. The first-order valence-electron chi connectivity index (χ1n) is 7.52. The van der Waals surface area contributed by atoms with Crippen LogP contribution in [-0.2, 0) is 7.05 Å². The fraction of sp³-hybridized carbons (Fsp3) is 0.500. The summed E-state index contributed by atoms with van der Waals surface area (Å²) in [4.78, 5) is 6.77. The molecule has 0 spiro atoms. The number of nitrogens with zero attached hydrogens (tertiary/aromatic N) is 4. The number of rotatable bonds is 6. The van der Waals surface area contributed by atoms with Crippen LogP contribution in [0.15, 0.2) is 24.5 Å². The van der Waals surface area contributed by atoms with E-state index in [-0.39, 0.29) is 6.04 Å². The van der Waals surface area contributed by atoms with E-state index >= 15 is 0 Å². The summed E-state index contributed by atoms with van der Waals surface area (Å²) in [6.45, 7) is 10.4. The van der Waals surface area contributed by atoms with Gasteiger partial charge >= 0.3 is 0 Å². The fourth-order valence-electron chi connectivity index (χ4n) is 2.58. The molecule has 1 N–H and O–H groups in total. The van der Waals surface area contributed by atoms with Gasteiger partial charge in [-0.3, -0.25) is 4.68 Å². The van der Waals surface area contributed by atoms with E-state index in [1.807, 2.05) is 24.9 Å². The first-order chi connectivity index (χ1) is 10.0. The normalized spacial score (nSPS) is 12.2. The standard InChI is InChI=1S/C16H25N5/c1-6-21(7-2)16-9-8-14(10-17-16)18-12(3)15-11-20(5)19-13(15)4/h8-12,18H,6-7H2,1-5H3. The fourth-order valence-corrected chi connectivity index (χ4v) is 2.58. The van der Waals surface area contributed by atoms with Crippen LogP contribution < -0.4 is 10.2 Å². The molecule has 2 rings (SSSR count). The maximum Gasteiger partial charge on any atom is 0.128 e. The zero-order valence-corrected chi connectivity index (χ0v) is 13.6. The molecular formula is C16H25N5. The van der Waals surface area contributed by atoms with Crippen molar-refractivity contribution in [1.29, 1.82) is 0 Å². The van der Waals surface area contributed by atoms with Gasteiger partial charge in [-0.05, 0) is 39.8 Å². The third-order valence-corrected chi connectivity index (χ3v) is 3.74. The van der Waals surface area contributed by atoms with Crippen molar-refractivity contribution in [3.8, 4) is 0 Å². The third kappa shape index (κ3) is 3.54. The zero-order valence-electron chi connectivity index (χ0n) is 13.6. The monoisotopic (exact) mass is 287 g/mol. The first-order valence-corrected chi connectivity index (χ1v) is 7.52. The molecule has 0 aromatic carbocycles. The second-order valence-corrected chi connectivity index (χ2v) is 5.29. The van der Waals surface area contributed by atoms with Gasteiger partial charge in [-0.1, -0.05) is 0 Å². The van der Waals surface area contributed by atoms with E-state index in [0.717, 1.165) is 30.3 Å². The molecule has 0 fully saturated rings. The summed E-state index contributed by atoms with van der Waals surface area (Å²) in [6.07, 6.45) is 3.96. The van der Waals surface area contributed by atoms with Gasteiger partial charge in [-0.2, -0.15) is 5.10 Å². The van der Waals surface area contributed by atoms with Crippen LogP contribution in [0, 0.1) is 6.92 Å². The highest BCUT2D eigenvalue weighted by atomic mass is 15.3. The molecule has 1 unspecified atom stereocenters. The Kier molecular flexibility index (Phi) is 4.83. The number of aryl methyl sites for hydroxylation is 2. The van der Waals surface area contributed by atoms with Gasteiger partial charge in [-0.15, -0.1) is 0 Å². The Hall–Kier alpha value is -2.04. The van der Waals surface area contributed by atoms with Crippen molar-refractivity contribution >= 4 is 11.5 Å². The van der Waals surface area contributed by atoms with E-state index in [9.17, 15) is 0 Å². The van der Waals surface area contributed by atoms with E-state index in [1.165, 1.54) is 5.56 Å². The van der Waals surface area contributed by atoms with Gasteiger partial charge in [0.2, 0.25) is 0 Å². The molecule has 5 heteroatoms. The van der Waals surface area contributed by atoms with Gasteiger partial charge < -0.3 is 10.2 Å². The molecule has 0 aliphatic rings. The highest BCUT2D eigenvalue weighted by molar-refractivity contribution is 5.49. The van der Waals surface area contributed by atoms with Gasteiger partial charge in [0.1, 0.15) is 5.82 Å². The topological polar surface area (TPSA) is 46.0 Å². The second-order valence-electron chi connectivity index (χ2n) is 5.29. The second kappa shape index (κ2) is 6.61. The number of anilines is 2. The lowest BCUT2D eigenvalue weighted by molar-refractivity contribution is 0.756. The van der Waals surface area contributed by atoms with Crippen molar-refractivity contribution in [2.75, 3.05) is 23.3 Å². The first kappa shape index (κ1) is 15.4. The van der Waals surface area contributed by atoms with E-state index < -0.39 is 0 Å². The third-order valence-electron chi connectivity index (χ3n) is 3.74. The molecule has 0 aliphatic carbocycles. The lowest BCUT2D eigenvalue weighted by Crippen LogP contribution is -2.22. The SMILES string of the molecule is CCN(CC)c1ccc(NC(C)c2cn(C)nc2C)cn1. The van der Waals surface area contributed by atoms with Crippen LogP contribution in [0.25, 0.3) is 0 Å². The molecule has 0 amide bonds. The highest BCUT2D eigenvalue weighted by Crippen LogP contribution is 2.22. The van der Waals surface area contributed by atoms with Crippen molar-refractivity contribution in [3.63, 3.8) is 0 Å². The molecule has 2 aromatic heterocycles. The van der Waals surface area contributed by atoms with Gasteiger partial charge in [0.25, 0.3) is 0 Å². The van der Waals surface area contributed by atoms with E-state index in [2.05, 4.69) is 59.4 Å². The molecule has 0 radical (unpaired) electrons. The Morgan fingerprint density at radius 3 is 2.48 bits per heavy atom. The lowest BCUT2D eigenvalue weighted by Gasteiger charge is -2.20. The molecule has 5 nitrogen and oxygen atoms in total. The van der Waals surface area contributed by atoms with Crippen LogP contribution in [0.5, 0.6) is 0 Å². The average molecular weight is 287 g/mol. The molecule has 114 valence electrons. The van der Waals surface area contributed by atoms with E-state index in [4.69, 9.17) is 0 Å². The minimum atomic E-state index is 0.208. The van der Waals surface area contributed by atoms with Crippen molar-refractivity contribution in [1.82, 2.24) is 14.8 Å². The van der Waals surface area contributed by atoms with Crippen molar-refractivity contribution in [2.24, 2.45) is 7.05 Å². The molecule has 1 atom stereocenters. The lowest BCUT2D eigenvalue weighted by atomic mass is 10.1. The largest absolute Gasteiger partial charge is 0.377 e. The molecule has 0 aliphatic heterocycles. The molecule has 0 saturated heterocycles. The average Bonchev–Trinajstić information content (AvgIpc) is 2.81. The highest BCUT2D eigenvalue weighted by Gasteiger charge is 2.12. The number of pyridine rings is 1. The summed E-state index contributed by atoms with van der Waals surface area (Å²) in [5.74, 6) is 1.02. The molecule has 21 heavy (non-hydrogen) atoms. The molecule has 2 heterocycles. The predicted octanol–water partition coefficient (Wildman–Crippen LogP) is 3.14. The zero-order chi connectivity index (χ0) is 15.4. The van der Waals surface area contributed by atoms with Gasteiger partial charge in [-0.25, -0.2) is 4.98 Å². The summed E-state index contributed by atoms with van der Waals surface area (Å²) < 4.78 is 1.85. The van der Waals surface area contributed by atoms with Gasteiger partial charge in [0, 0.05) is 31.9 Å². The number of hydrogen-bond donors (Lipinski definition) is 1. The van der Waals surface area contributed by atoms with Crippen LogP contribution in [0.2, 0.25) is 0 Å². The Labute approximate surface area is 127 Å². The van der Waals surface area contributed by atoms with Crippen LogP contribution in [0.4, 0.5) is 11.5 Å². The van der Waals surface area contributed by atoms with Crippen molar-refractivity contribution in [2.45, 2.75) is 33.7 Å². The smallest absolute Gasteiger partial charge is 0.128 e. The summed E-state index contributed by atoms with van der Waals surface area (Å²) in [7, 11) is 1.95. The Morgan fingerprint density at radius 1 is 1.29 bits per heavy atom. The molecule has 0 bridgehead atoms.